The van der Waals surface area contributed by atoms with Crippen molar-refractivity contribution in [2.24, 2.45) is 5.92 Å². The number of rotatable bonds is 4. The Morgan fingerprint density at radius 3 is 2.70 bits per heavy atom. The summed E-state index contributed by atoms with van der Waals surface area (Å²) in [7, 11) is 0. The number of nitrogens with one attached hydrogen (secondary N) is 1. The molecular formula is C22H21N3O2. The van der Waals surface area contributed by atoms with Gasteiger partial charge < -0.3 is 10.2 Å². The molecule has 1 aliphatic heterocycles. The van der Waals surface area contributed by atoms with Gasteiger partial charge in [-0.25, -0.2) is 0 Å². The molecule has 0 aliphatic carbocycles. The van der Waals surface area contributed by atoms with Gasteiger partial charge in [-0.1, -0.05) is 48.5 Å². The zero-order valence-corrected chi connectivity index (χ0v) is 15.1. The fourth-order valence-corrected chi connectivity index (χ4v) is 3.63. The standard InChI is InChI=1S/C22H21N3O2/c1-15(16-7-3-2-4-8-16)25-14-18(13-20(25)26)22(27)24-19-11-5-9-17-10-6-12-23-21(17)19/h2-12,15,18H,13-14H2,1H3,(H,24,27)/t15-,18-/m0/s1. The Morgan fingerprint density at radius 2 is 1.89 bits per heavy atom. The number of aromatic nitrogens is 1. The number of nitrogens with zero attached hydrogens (tertiary/aromatic N) is 2. The van der Waals surface area contributed by atoms with E-state index in [1.165, 1.54) is 0 Å². The van der Waals surface area contributed by atoms with E-state index >= 15 is 0 Å². The van der Waals surface area contributed by atoms with Gasteiger partial charge in [0.1, 0.15) is 0 Å². The van der Waals surface area contributed by atoms with Crippen LogP contribution >= 0.6 is 0 Å². The Balaban J connectivity index is 1.49. The van der Waals surface area contributed by atoms with E-state index < -0.39 is 0 Å². The fraction of sp³-hybridized carbons (Fsp3) is 0.227. The SMILES string of the molecule is C[C@@H](c1ccccc1)N1C[C@@H](C(=O)Nc2cccc3cccnc23)CC1=O. The van der Waals surface area contributed by atoms with Crippen LogP contribution in [-0.4, -0.2) is 28.2 Å². The number of hydrogen-bond donors (Lipinski definition) is 1. The third kappa shape index (κ3) is 3.40. The zero-order chi connectivity index (χ0) is 18.8. The monoisotopic (exact) mass is 359 g/mol. The molecule has 0 bridgehead atoms. The van der Waals surface area contributed by atoms with Crippen LogP contribution in [0.25, 0.3) is 10.9 Å². The van der Waals surface area contributed by atoms with Gasteiger partial charge in [-0.05, 0) is 24.6 Å². The van der Waals surface area contributed by atoms with E-state index in [0.29, 0.717) is 12.2 Å². The van der Waals surface area contributed by atoms with Crippen molar-refractivity contribution in [3.05, 3.63) is 72.4 Å². The second-order valence-corrected chi connectivity index (χ2v) is 6.90. The largest absolute Gasteiger partial charge is 0.335 e. The number of anilines is 1. The molecule has 5 nitrogen and oxygen atoms in total. The highest BCUT2D eigenvalue weighted by Gasteiger charge is 2.37. The number of benzene rings is 2. The van der Waals surface area contributed by atoms with Crippen LogP contribution in [0, 0.1) is 5.92 Å². The molecule has 1 fully saturated rings. The Morgan fingerprint density at radius 1 is 1.11 bits per heavy atom. The summed E-state index contributed by atoms with van der Waals surface area (Å²) in [5, 5.41) is 3.94. The third-order valence-corrected chi connectivity index (χ3v) is 5.17. The summed E-state index contributed by atoms with van der Waals surface area (Å²) in [6.45, 7) is 2.43. The maximum atomic E-state index is 12.8. The van der Waals surface area contributed by atoms with Crippen molar-refractivity contribution in [1.82, 2.24) is 9.88 Å². The van der Waals surface area contributed by atoms with Crippen LogP contribution in [0.3, 0.4) is 0 Å². The van der Waals surface area contributed by atoms with Crippen molar-refractivity contribution in [1.29, 1.82) is 0 Å². The molecule has 2 atom stereocenters. The highest BCUT2D eigenvalue weighted by atomic mass is 16.2. The first-order valence-corrected chi connectivity index (χ1v) is 9.12. The highest BCUT2D eigenvalue weighted by Crippen LogP contribution is 2.29. The van der Waals surface area contributed by atoms with E-state index in [1.54, 1.807) is 11.1 Å². The Bertz CT molecular complexity index is 982. The van der Waals surface area contributed by atoms with Crippen LogP contribution in [-0.2, 0) is 9.59 Å². The van der Waals surface area contributed by atoms with Crippen LogP contribution in [0.2, 0.25) is 0 Å². The van der Waals surface area contributed by atoms with Crippen LogP contribution in [0.15, 0.2) is 66.9 Å². The smallest absolute Gasteiger partial charge is 0.229 e. The number of amides is 2. The normalized spacial score (nSPS) is 17.9. The van der Waals surface area contributed by atoms with Crippen LogP contribution in [0.4, 0.5) is 5.69 Å². The number of carbonyl (C=O) groups excluding carboxylic acids is 2. The van der Waals surface area contributed by atoms with E-state index in [0.717, 1.165) is 16.5 Å². The van der Waals surface area contributed by atoms with Gasteiger partial charge >= 0.3 is 0 Å². The van der Waals surface area contributed by atoms with Crippen LogP contribution in [0.5, 0.6) is 0 Å². The molecule has 136 valence electrons. The van der Waals surface area contributed by atoms with Crippen molar-refractivity contribution in [2.45, 2.75) is 19.4 Å². The molecule has 0 radical (unpaired) electrons. The first-order chi connectivity index (χ1) is 13.1. The van der Waals surface area contributed by atoms with E-state index in [9.17, 15) is 9.59 Å². The number of likely N-dealkylation sites (tertiary alicyclic amines) is 1. The third-order valence-electron chi connectivity index (χ3n) is 5.17. The van der Waals surface area contributed by atoms with Crippen molar-refractivity contribution in [2.75, 3.05) is 11.9 Å². The molecule has 0 saturated carbocycles. The van der Waals surface area contributed by atoms with Gasteiger partial charge in [0.25, 0.3) is 0 Å². The fourth-order valence-electron chi connectivity index (χ4n) is 3.63. The molecule has 1 N–H and O–H groups in total. The molecule has 0 spiro atoms. The van der Waals surface area contributed by atoms with Gasteiger partial charge in [0.2, 0.25) is 11.8 Å². The van der Waals surface area contributed by atoms with Gasteiger partial charge in [-0.2, -0.15) is 0 Å². The summed E-state index contributed by atoms with van der Waals surface area (Å²) >= 11 is 0. The lowest BCUT2D eigenvalue weighted by Crippen LogP contribution is -2.30. The van der Waals surface area contributed by atoms with Gasteiger partial charge in [-0.15, -0.1) is 0 Å². The molecule has 3 aromatic rings. The second kappa shape index (κ2) is 7.19. The molecular weight excluding hydrogens is 338 g/mol. The first-order valence-electron chi connectivity index (χ1n) is 9.12. The lowest BCUT2D eigenvalue weighted by Gasteiger charge is -2.25. The Hall–Kier alpha value is -3.21. The Labute approximate surface area is 158 Å². The van der Waals surface area contributed by atoms with Gasteiger partial charge in [0.15, 0.2) is 0 Å². The topological polar surface area (TPSA) is 62.3 Å². The average molecular weight is 359 g/mol. The minimum absolute atomic E-state index is 0.0162. The predicted molar refractivity (Wildman–Crippen MR) is 105 cm³/mol. The maximum absolute atomic E-state index is 12.8. The second-order valence-electron chi connectivity index (χ2n) is 6.90. The molecule has 1 aromatic heterocycles. The summed E-state index contributed by atoms with van der Waals surface area (Å²) in [5.74, 6) is -0.477. The van der Waals surface area contributed by atoms with Gasteiger partial charge in [0, 0.05) is 24.5 Å². The van der Waals surface area contributed by atoms with E-state index in [1.807, 2.05) is 67.6 Å². The maximum Gasteiger partial charge on any atom is 0.229 e. The molecule has 2 amide bonds. The number of carbonyl (C=O) groups is 2. The zero-order valence-electron chi connectivity index (χ0n) is 15.1. The van der Waals surface area contributed by atoms with Crippen molar-refractivity contribution < 1.29 is 9.59 Å². The molecule has 0 unspecified atom stereocenters. The number of para-hydroxylation sites is 1. The van der Waals surface area contributed by atoms with Crippen molar-refractivity contribution in [3.8, 4) is 0 Å². The molecule has 27 heavy (non-hydrogen) atoms. The summed E-state index contributed by atoms with van der Waals surface area (Å²) in [5.41, 5.74) is 2.51. The summed E-state index contributed by atoms with van der Waals surface area (Å²) in [6.07, 6.45) is 1.95. The lowest BCUT2D eigenvalue weighted by atomic mass is 10.1. The average Bonchev–Trinajstić information content (AvgIpc) is 3.10. The number of pyridine rings is 1. The summed E-state index contributed by atoms with van der Waals surface area (Å²) in [4.78, 5) is 31.5. The first kappa shape index (κ1) is 17.2. The molecule has 5 heteroatoms. The van der Waals surface area contributed by atoms with E-state index in [2.05, 4.69) is 10.3 Å². The minimum Gasteiger partial charge on any atom is -0.335 e. The number of hydrogen-bond acceptors (Lipinski definition) is 3. The summed E-state index contributed by atoms with van der Waals surface area (Å²) < 4.78 is 0. The van der Waals surface area contributed by atoms with E-state index in [4.69, 9.17) is 0 Å². The van der Waals surface area contributed by atoms with Crippen LogP contribution in [0.1, 0.15) is 24.9 Å². The Kier molecular flexibility index (Phi) is 4.59. The minimum atomic E-state index is -0.359. The molecule has 4 rings (SSSR count). The molecule has 1 saturated heterocycles. The van der Waals surface area contributed by atoms with Gasteiger partial charge in [-0.3, -0.25) is 14.6 Å². The number of fused-ring (bicyclic) bond motifs is 1. The van der Waals surface area contributed by atoms with E-state index in [-0.39, 0.29) is 30.2 Å². The quantitative estimate of drug-likeness (QED) is 0.771. The predicted octanol–water partition coefficient (Wildman–Crippen LogP) is 3.78. The van der Waals surface area contributed by atoms with Crippen LogP contribution < -0.4 is 5.32 Å². The molecule has 2 aromatic carbocycles. The molecule has 1 aliphatic rings. The molecule has 2 heterocycles. The summed E-state index contributed by atoms with van der Waals surface area (Å²) in [6, 6.07) is 19.4. The van der Waals surface area contributed by atoms with Crippen molar-refractivity contribution >= 4 is 28.4 Å². The lowest BCUT2D eigenvalue weighted by molar-refractivity contribution is -0.129. The van der Waals surface area contributed by atoms with Crippen molar-refractivity contribution in [3.63, 3.8) is 0 Å². The highest BCUT2D eigenvalue weighted by molar-refractivity contribution is 6.03. The van der Waals surface area contributed by atoms with Gasteiger partial charge in [0.05, 0.1) is 23.2 Å².